The second kappa shape index (κ2) is 13.1. The average Bonchev–Trinajstić information content (AvgIpc) is 3.52. The van der Waals surface area contributed by atoms with E-state index in [0.29, 0.717) is 43.9 Å². The first-order valence-corrected chi connectivity index (χ1v) is 15.3. The molecule has 2 aromatic carbocycles. The Bertz CT molecular complexity index is 1670. The number of carbonyl (C=O) groups excluding carboxylic acids is 1. The topological polar surface area (TPSA) is 107 Å². The lowest BCUT2D eigenvalue weighted by molar-refractivity contribution is -0.131. The number of fused-ring (bicyclic) bond motifs is 2. The number of ether oxygens (including phenoxy) is 2. The Balaban J connectivity index is 1.33. The molecule has 0 saturated carbocycles. The fourth-order valence-electron chi connectivity index (χ4n) is 6.49. The van der Waals surface area contributed by atoms with Crippen LogP contribution in [0.5, 0.6) is 6.01 Å². The van der Waals surface area contributed by atoms with E-state index in [-0.39, 0.29) is 42.7 Å². The van der Waals surface area contributed by atoms with Crippen LogP contribution in [0.2, 0.25) is 5.02 Å². The summed E-state index contributed by atoms with van der Waals surface area (Å²) < 4.78 is 40.0. The largest absolute Gasteiger partial charge is 0.462 e. The van der Waals surface area contributed by atoms with Crippen LogP contribution in [0.25, 0.3) is 10.8 Å². The summed E-state index contributed by atoms with van der Waals surface area (Å²) in [5, 5.41) is 14.4. The van der Waals surface area contributed by atoms with E-state index >= 15 is 0 Å². The molecule has 1 unspecified atom stereocenters. The zero-order valence-corrected chi connectivity index (χ0v) is 25.7. The fourth-order valence-corrected chi connectivity index (χ4v) is 6.76. The van der Waals surface area contributed by atoms with Crippen molar-refractivity contribution in [1.29, 1.82) is 5.26 Å². The average molecular weight is 638 g/mol. The maximum atomic E-state index is 14.5. The summed E-state index contributed by atoms with van der Waals surface area (Å²) in [6, 6.07) is 10.7. The Hall–Kier alpha value is -4.05. The van der Waals surface area contributed by atoms with Gasteiger partial charge in [0.25, 0.3) is 5.91 Å². The van der Waals surface area contributed by atoms with Gasteiger partial charge in [-0.2, -0.15) is 15.2 Å². The number of carbonyl (C=O) groups is 1. The highest BCUT2D eigenvalue weighted by atomic mass is 35.5. The van der Waals surface area contributed by atoms with E-state index in [1.807, 2.05) is 23.1 Å². The Kier molecular flexibility index (Phi) is 9.03. The van der Waals surface area contributed by atoms with Crippen molar-refractivity contribution in [3.05, 3.63) is 64.8 Å². The number of rotatable bonds is 8. The molecule has 3 aliphatic rings. The van der Waals surface area contributed by atoms with Gasteiger partial charge in [0.05, 0.1) is 41.9 Å². The quantitative estimate of drug-likeness (QED) is 0.365. The lowest BCUT2D eigenvalue weighted by Gasteiger charge is -2.42. The van der Waals surface area contributed by atoms with Gasteiger partial charge in [0.15, 0.2) is 5.83 Å². The molecule has 236 valence electrons. The molecule has 0 radical (unpaired) electrons. The third-order valence-electron chi connectivity index (χ3n) is 8.81. The van der Waals surface area contributed by atoms with Gasteiger partial charge in [-0.1, -0.05) is 36.4 Å². The van der Waals surface area contributed by atoms with E-state index in [4.69, 9.17) is 31.0 Å². The maximum absolute atomic E-state index is 14.5. The molecule has 6 rings (SSSR count). The third kappa shape index (κ3) is 6.25. The highest BCUT2D eigenvalue weighted by molar-refractivity contribution is 6.36. The van der Waals surface area contributed by atoms with Crippen LogP contribution in [0.15, 0.2) is 42.7 Å². The molecule has 3 aliphatic heterocycles. The van der Waals surface area contributed by atoms with Crippen molar-refractivity contribution < 1.29 is 23.0 Å². The van der Waals surface area contributed by atoms with Gasteiger partial charge >= 0.3 is 6.01 Å². The second-order valence-electron chi connectivity index (χ2n) is 11.5. The number of nitriles is 1. The Morgan fingerprint density at radius 2 is 2.07 bits per heavy atom. The number of hydrogen-bond donors (Lipinski definition) is 1. The highest BCUT2D eigenvalue weighted by Gasteiger charge is 2.35. The number of methoxy groups -OCH3 is 1. The summed E-state index contributed by atoms with van der Waals surface area (Å²) in [6.45, 7) is 6.12. The van der Waals surface area contributed by atoms with Crippen molar-refractivity contribution in [1.82, 2.24) is 20.2 Å². The molecule has 1 amide bonds. The van der Waals surface area contributed by atoms with Crippen LogP contribution in [-0.2, 0) is 22.5 Å². The molecule has 1 aromatic heterocycles. The number of halogens is 3. The second-order valence-corrected chi connectivity index (χ2v) is 11.9. The third-order valence-corrected chi connectivity index (χ3v) is 9.18. The molecule has 2 saturated heterocycles. The Labute approximate surface area is 265 Å². The van der Waals surface area contributed by atoms with Crippen molar-refractivity contribution >= 4 is 39.8 Å². The minimum atomic E-state index is -1.05. The van der Waals surface area contributed by atoms with Crippen LogP contribution >= 0.6 is 11.6 Å². The van der Waals surface area contributed by atoms with Gasteiger partial charge in [-0.3, -0.25) is 4.79 Å². The Morgan fingerprint density at radius 1 is 1.22 bits per heavy atom. The molecule has 45 heavy (non-hydrogen) atoms. The summed E-state index contributed by atoms with van der Waals surface area (Å²) in [4.78, 5) is 27.7. The van der Waals surface area contributed by atoms with Gasteiger partial charge in [0.1, 0.15) is 18.2 Å². The zero-order chi connectivity index (χ0) is 31.7. The molecule has 1 N–H and O–H groups in total. The van der Waals surface area contributed by atoms with E-state index in [2.05, 4.69) is 22.9 Å². The van der Waals surface area contributed by atoms with Crippen LogP contribution in [0.1, 0.15) is 24.1 Å². The van der Waals surface area contributed by atoms with Crippen LogP contribution in [0.4, 0.5) is 20.3 Å². The number of aromatic nitrogens is 2. The van der Waals surface area contributed by atoms with Crippen LogP contribution < -0.4 is 19.9 Å². The SMILES string of the molecule is C=C(F)C(=O)N1CCN(c2nc(OC[C@@H]3C[C@@H](OC)CN3)nc3c2CCN(c2cccc4ccc(F)c(Cl)c24)C3)CC1CC#N. The normalized spacial score (nSPS) is 21.5. The predicted molar refractivity (Wildman–Crippen MR) is 167 cm³/mol. The summed E-state index contributed by atoms with van der Waals surface area (Å²) in [7, 11) is 1.69. The van der Waals surface area contributed by atoms with E-state index in [1.165, 1.54) is 11.0 Å². The Morgan fingerprint density at radius 3 is 2.82 bits per heavy atom. The standard InChI is InChI=1S/C32H34ClF2N7O3/c1-19(34)31(43)42-13-12-41(16-22(42)8-10-36)30-24-9-11-40(27-5-3-4-20-6-7-25(35)29(33)28(20)27)17-26(24)38-32(39-30)45-18-21-14-23(44-2)15-37-21/h3-7,21-23,37H,1,8-9,11-18H2,2H3/t21-,22?,23+/m0/s1. The molecule has 0 bridgehead atoms. The van der Waals surface area contributed by atoms with E-state index < -0.39 is 23.6 Å². The molecule has 13 heteroatoms. The molecule has 4 heterocycles. The van der Waals surface area contributed by atoms with Gasteiger partial charge in [-0.15, -0.1) is 0 Å². The van der Waals surface area contributed by atoms with E-state index in [1.54, 1.807) is 13.2 Å². The number of hydrogen-bond acceptors (Lipinski definition) is 9. The van der Waals surface area contributed by atoms with Gasteiger partial charge in [-0.25, -0.2) is 8.78 Å². The van der Waals surface area contributed by atoms with Gasteiger partial charge < -0.3 is 29.5 Å². The number of anilines is 2. The highest BCUT2D eigenvalue weighted by Crippen LogP contribution is 2.38. The number of piperazine rings is 1. The van der Waals surface area contributed by atoms with Crippen LogP contribution in [0.3, 0.4) is 0 Å². The fraction of sp³-hybridized carbons (Fsp3) is 0.438. The number of benzene rings is 2. The molecule has 0 aliphatic carbocycles. The van der Waals surface area contributed by atoms with Gasteiger partial charge in [0.2, 0.25) is 0 Å². The zero-order valence-electron chi connectivity index (χ0n) is 24.9. The number of amides is 1. The van der Waals surface area contributed by atoms with Crippen molar-refractivity contribution in [2.24, 2.45) is 0 Å². The van der Waals surface area contributed by atoms with Crippen molar-refractivity contribution in [2.75, 3.05) is 56.2 Å². The predicted octanol–water partition coefficient (Wildman–Crippen LogP) is 4.15. The van der Waals surface area contributed by atoms with E-state index in [9.17, 15) is 18.8 Å². The smallest absolute Gasteiger partial charge is 0.318 e. The summed E-state index contributed by atoms with van der Waals surface area (Å²) in [6.07, 6.45) is 1.52. The van der Waals surface area contributed by atoms with Crippen molar-refractivity contribution in [3.8, 4) is 12.1 Å². The lowest BCUT2D eigenvalue weighted by atomic mass is 10.0. The maximum Gasteiger partial charge on any atom is 0.318 e. The summed E-state index contributed by atoms with van der Waals surface area (Å²) in [5.41, 5.74) is 2.49. The minimum absolute atomic E-state index is 0.0341. The van der Waals surface area contributed by atoms with Crippen molar-refractivity contribution in [2.45, 2.75) is 44.0 Å². The molecule has 0 spiro atoms. The molecule has 10 nitrogen and oxygen atoms in total. The minimum Gasteiger partial charge on any atom is -0.462 e. The number of nitrogens with one attached hydrogen (secondary N) is 1. The van der Waals surface area contributed by atoms with Gasteiger partial charge in [-0.05, 0) is 30.4 Å². The molecular weight excluding hydrogens is 604 g/mol. The van der Waals surface area contributed by atoms with Gasteiger partial charge in [0, 0.05) is 62.5 Å². The summed E-state index contributed by atoms with van der Waals surface area (Å²) in [5.74, 6) is -1.67. The molecule has 3 atom stereocenters. The first-order valence-electron chi connectivity index (χ1n) is 14.9. The van der Waals surface area contributed by atoms with E-state index in [0.717, 1.165) is 35.3 Å². The van der Waals surface area contributed by atoms with Crippen LogP contribution in [-0.4, -0.2) is 85.4 Å². The molecule has 2 fully saturated rings. The lowest BCUT2D eigenvalue weighted by Crippen LogP contribution is -2.55. The number of nitrogens with zero attached hydrogens (tertiary/aromatic N) is 6. The van der Waals surface area contributed by atoms with Crippen LogP contribution in [0, 0.1) is 17.1 Å². The van der Waals surface area contributed by atoms with Crippen molar-refractivity contribution in [3.63, 3.8) is 0 Å². The first kappa shape index (κ1) is 31.0. The molecular formula is C32H34ClF2N7O3. The molecule has 3 aromatic rings. The monoisotopic (exact) mass is 637 g/mol. The first-order chi connectivity index (χ1) is 21.8. The summed E-state index contributed by atoms with van der Waals surface area (Å²) >= 11 is 6.47.